The maximum Gasteiger partial charge on any atom is 0.266 e. The number of hydrogen-bond donors (Lipinski definition) is 0. The molecule has 1 fully saturated rings. The van der Waals surface area contributed by atoms with Gasteiger partial charge in [-0.15, -0.1) is 11.3 Å². The second-order valence-electron chi connectivity index (χ2n) is 5.55. The third-order valence-corrected chi connectivity index (χ3v) is 5.01. The van der Waals surface area contributed by atoms with E-state index >= 15 is 0 Å². The van der Waals surface area contributed by atoms with Crippen molar-refractivity contribution in [2.24, 2.45) is 0 Å². The third-order valence-electron chi connectivity index (χ3n) is 4.12. The minimum atomic E-state index is 0.0994. The molecule has 7 heteroatoms. The van der Waals surface area contributed by atoms with E-state index in [0.29, 0.717) is 13.1 Å². The smallest absolute Gasteiger partial charge is 0.266 e. The Bertz CT molecular complexity index is 807. The molecule has 0 atom stereocenters. The molecule has 0 bridgehead atoms. The molecule has 6 nitrogen and oxygen atoms in total. The van der Waals surface area contributed by atoms with Crippen LogP contribution in [0.15, 0.2) is 54.4 Å². The number of rotatable bonds is 3. The Morgan fingerprint density at radius 2 is 1.71 bits per heavy atom. The van der Waals surface area contributed by atoms with Crippen LogP contribution in [0.4, 0.5) is 5.95 Å². The van der Waals surface area contributed by atoms with Crippen LogP contribution in [0.5, 0.6) is 0 Å². The van der Waals surface area contributed by atoms with Crippen LogP contribution < -0.4 is 4.90 Å². The number of nitrogens with zero attached hydrogens (tertiary/aromatic N) is 5. The van der Waals surface area contributed by atoms with Crippen LogP contribution in [-0.2, 0) is 0 Å². The van der Waals surface area contributed by atoms with Gasteiger partial charge in [0.05, 0.1) is 5.69 Å². The molecule has 0 saturated carbocycles. The van der Waals surface area contributed by atoms with Gasteiger partial charge in [0.25, 0.3) is 5.91 Å². The highest BCUT2D eigenvalue weighted by molar-refractivity contribution is 7.12. The monoisotopic (exact) mass is 339 g/mol. The lowest BCUT2D eigenvalue weighted by Crippen LogP contribution is -2.49. The standard InChI is InChI=1S/C17H17N5OS/c23-16(15-14(4-13-24-15)20-7-1-2-8-20)21-9-11-22(12-10-21)17-18-5-3-6-19-17/h1-8,13H,9-12H2. The Morgan fingerprint density at radius 1 is 1.00 bits per heavy atom. The lowest BCUT2D eigenvalue weighted by molar-refractivity contribution is 0.0751. The lowest BCUT2D eigenvalue weighted by atomic mass is 10.2. The van der Waals surface area contributed by atoms with Crippen LogP contribution in [0, 0.1) is 0 Å². The largest absolute Gasteiger partial charge is 0.337 e. The molecule has 4 rings (SSSR count). The van der Waals surface area contributed by atoms with Gasteiger partial charge in [-0.1, -0.05) is 0 Å². The summed E-state index contributed by atoms with van der Waals surface area (Å²) in [6.07, 6.45) is 7.41. The molecule has 1 amide bonds. The van der Waals surface area contributed by atoms with Crippen molar-refractivity contribution in [3.63, 3.8) is 0 Å². The quantitative estimate of drug-likeness (QED) is 0.735. The summed E-state index contributed by atoms with van der Waals surface area (Å²) < 4.78 is 1.98. The van der Waals surface area contributed by atoms with Crippen LogP contribution in [0.3, 0.4) is 0 Å². The van der Waals surface area contributed by atoms with Crippen LogP contribution >= 0.6 is 11.3 Å². The molecular formula is C17H17N5OS. The summed E-state index contributed by atoms with van der Waals surface area (Å²) in [6, 6.07) is 7.73. The first-order chi connectivity index (χ1) is 11.8. The van der Waals surface area contributed by atoms with Crippen LogP contribution in [0.25, 0.3) is 5.69 Å². The number of aromatic nitrogens is 3. The highest BCUT2D eigenvalue weighted by Crippen LogP contribution is 2.24. The molecule has 3 aromatic rings. The zero-order valence-corrected chi connectivity index (χ0v) is 13.9. The van der Waals surface area contributed by atoms with Gasteiger partial charge in [0.2, 0.25) is 5.95 Å². The summed E-state index contributed by atoms with van der Waals surface area (Å²) in [6.45, 7) is 2.86. The zero-order chi connectivity index (χ0) is 16.4. The topological polar surface area (TPSA) is 54.3 Å². The van der Waals surface area contributed by atoms with Gasteiger partial charge in [0.15, 0.2) is 0 Å². The van der Waals surface area contributed by atoms with Crippen molar-refractivity contribution in [1.82, 2.24) is 19.4 Å². The summed E-state index contributed by atoms with van der Waals surface area (Å²) in [5.41, 5.74) is 0.948. The Hall–Kier alpha value is -2.67. The average Bonchev–Trinajstić information content (AvgIpc) is 3.33. The molecule has 1 aliphatic heterocycles. The first kappa shape index (κ1) is 14.9. The van der Waals surface area contributed by atoms with Gasteiger partial charge in [-0.3, -0.25) is 4.79 Å². The number of anilines is 1. The average molecular weight is 339 g/mol. The molecule has 0 unspecified atom stereocenters. The van der Waals surface area contributed by atoms with Gasteiger partial charge in [-0.25, -0.2) is 9.97 Å². The van der Waals surface area contributed by atoms with E-state index in [9.17, 15) is 4.79 Å². The molecule has 24 heavy (non-hydrogen) atoms. The SMILES string of the molecule is O=C(c1sccc1-n1cccc1)N1CCN(c2ncccn2)CC1. The Balaban J connectivity index is 1.47. The first-order valence-corrected chi connectivity index (χ1v) is 8.73. The third kappa shape index (κ3) is 2.78. The Kier molecular flexibility index (Phi) is 4.00. The molecule has 0 aliphatic carbocycles. The Morgan fingerprint density at radius 3 is 2.42 bits per heavy atom. The fourth-order valence-electron chi connectivity index (χ4n) is 2.87. The highest BCUT2D eigenvalue weighted by atomic mass is 32.1. The minimum absolute atomic E-state index is 0.0994. The van der Waals surface area contributed by atoms with Crippen LogP contribution in [-0.4, -0.2) is 51.5 Å². The molecule has 122 valence electrons. The lowest BCUT2D eigenvalue weighted by Gasteiger charge is -2.34. The summed E-state index contributed by atoms with van der Waals surface area (Å²) in [5.74, 6) is 0.830. The van der Waals surface area contributed by atoms with Gasteiger partial charge < -0.3 is 14.4 Å². The highest BCUT2D eigenvalue weighted by Gasteiger charge is 2.25. The predicted molar refractivity (Wildman–Crippen MR) is 93.8 cm³/mol. The summed E-state index contributed by atoms with van der Waals surface area (Å²) >= 11 is 1.50. The number of carbonyl (C=O) groups excluding carboxylic acids is 1. The molecule has 0 radical (unpaired) electrons. The van der Waals surface area contributed by atoms with Gasteiger partial charge in [-0.2, -0.15) is 0 Å². The van der Waals surface area contributed by atoms with Crippen molar-refractivity contribution in [3.8, 4) is 5.69 Å². The van der Waals surface area contributed by atoms with Crippen molar-refractivity contribution in [2.75, 3.05) is 31.1 Å². The first-order valence-electron chi connectivity index (χ1n) is 7.85. The zero-order valence-electron chi connectivity index (χ0n) is 13.1. The maximum absolute atomic E-state index is 12.9. The van der Waals surface area contributed by atoms with Crippen LogP contribution in [0.1, 0.15) is 9.67 Å². The fraction of sp³-hybridized carbons (Fsp3) is 0.235. The molecule has 1 aliphatic rings. The van der Waals surface area contributed by atoms with Crippen molar-refractivity contribution < 1.29 is 4.79 Å². The van der Waals surface area contributed by atoms with Gasteiger partial charge >= 0.3 is 0 Å². The van der Waals surface area contributed by atoms with Crippen molar-refractivity contribution in [3.05, 3.63) is 59.3 Å². The molecule has 0 aromatic carbocycles. The molecule has 3 aromatic heterocycles. The number of thiophene rings is 1. The van der Waals surface area contributed by atoms with E-state index in [0.717, 1.165) is 29.6 Å². The summed E-state index contributed by atoms with van der Waals surface area (Å²) in [7, 11) is 0. The molecular weight excluding hydrogens is 322 g/mol. The van der Waals surface area contributed by atoms with E-state index < -0.39 is 0 Å². The fourth-order valence-corrected chi connectivity index (χ4v) is 3.73. The van der Waals surface area contributed by atoms with Crippen molar-refractivity contribution in [1.29, 1.82) is 0 Å². The number of hydrogen-bond acceptors (Lipinski definition) is 5. The minimum Gasteiger partial charge on any atom is -0.337 e. The van der Waals surface area contributed by atoms with E-state index in [1.807, 2.05) is 51.5 Å². The maximum atomic E-state index is 12.9. The molecule has 4 heterocycles. The van der Waals surface area contributed by atoms with Crippen molar-refractivity contribution in [2.45, 2.75) is 0 Å². The van der Waals surface area contributed by atoms with Crippen LogP contribution in [0.2, 0.25) is 0 Å². The second-order valence-corrected chi connectivity index (χ2v) is 6.47. The summed E-state index contributed by atoms with van der Waals surface area (Å²) in [4.78, 5) is 26.3. The molecule has 1 saturated heterocycles. The van der Waals surface area contributed by atoms with Gasteiger partial charge in [0.1, 0.15) is 4.88 Å². The number of piperazine rings is 1. The van der Waals surface area contributed by atoms with Crippen molar-refractivity contribution >= 4 is 23.2 Å². The van der Waals surface area contributed by atoms with E-state index in [4.69, 9.17) is 0 Å². The van der Waals surface area contributed by atoms with E-state index in [-0.39, 0.29) is 5.91 Å². The summed E-state index contributed by atoms with van der Waals surface area (Å²) in [5, 5.41) is 1.97. The second kappa shape index (κ2) is 6.45. The molecule has 0 N–H and O–H groups in total. The van der Waals surface area contributed by atoms with Gasteiger partial charge in [0, 0.05) is 51.0 Å². The Labute approximate surface area is 144 Å². The van der Waals surface area contributed by atoms with E-state index in [1.165, 1.54) is 11.3 Å². The molecule has 0 spiro atoms. The number of amides is 1. The predicted octanol–water partition coefficient (Wildman–Crippen LogP) is 2.29. The van der Waals surface area contributed by atoms with E-state index in [1.54, 1.807) is 12.4 Å². The normalized spacial score (nSPS) is 14.8. The number of carbonyl (C=O) groups is 1. The van der Waals surface area contributed by atoms with Gasteiger partial charge in [-0.05, 0) is 29.6 Å². The van der Waals surface area contributed by atoms with E-state index in [2.05, 4.69) is 14.9 Å².